The predicted molar refractivity (Wildman–Crippen MR) is 104 cm³/mol. The number of pyridine rings is 1. The van der Waals surface area contributed by atoms with Gasteiger partial charge in [-0.3, -0.25) is 4.98 Å². The molecule has 26 heavy (non-hydrogen) atoms. The third-order valence-corrected chi connectivity index (χ3v) is 6.31. The van der Waals surface area contributed by atoms with Crippen molar-refractivity contribution in [2.24, 2.45) is 0 Å². The van der Waals surface area contributed by atoms with Crippen molar-refractivity contribution >= 4 is 32.3 Å². The van der Waals surface area contributed by atoms with Gasteiger partial charge in [-0.15, -0.1) is 0 Å². The highest BCUT2D eigenvalue weighted by Gasteiger charge is 2.25. The molecule has 0 fully saturated rings. The highest BCUT2D eigenvalue weighted by Crippen LogP contribution is 2.39. The van der Waals surface area contributed by atoms with Gasteiger partial charge < -0.3 is 0 Å². The van der Waals surface area contributed by atoms with Crippen LogP contribution in [0, 0.1) is 0 Å². The van der Waals surface area contributed by atoms with Crippen LogP contribution in [0.5, 0.6) is 0 Å². The normalized spacial score (nSPS) is 11.6. The van der Waals surface area contributed by atoms with Gasteiger partial charge in [0.15, 0.2) is 0 Å². The van der Waals surface area contributed by atoms with Gasteiger partial charge in [-0.05, 0) is 29.8 Å². The molecule has 0 aliphatic rings. The molecule has 4 rings (SSSR count). The third kappa shape index (κ3) is 2.77. The van der Waals surface area contributed by atoms with E-state index in [0.29, 0.717) is 21.5 Å². The minimum absolute atomic E-state index is 0.149. The first-order chi connectivity index (χ1) is 12.6. The number of hydrogen-bond acceptors (Lipinski definition) is 3. The molecule has 0 aliphatic carbocycles. The molecule has 0 spiro atoms. The molecule has 3 nitrogen and oxygen atoms in total. The molecule has 0 saturated heterocycles. The first-order valence-corrected chi connectivity index (χ1v) is 9.88. The standard InChI is InChI=1S/C21H14ClNO2S/c22-17-12-7-13-18-21(17)20(15-8-3-1-4-9-15)19(14-23-18)26(24,25)16-10-5-2-6-11-16/h1-14H. The van der Waals surface area contributed by atoms with Gasteiger partial charge in [0.1, 0.15) is 0 Å². The number of sulfone groups is 1. The summed E-state index contributed by atoms with van der Waals surface area (Å²) in [7, 11) is -3.75. The average Bonchev–Trinajstić information content (AvgIpc) is 2.69. The second kappa shape index (κ2) is 6.56. The average molecular weight is 380 g/mol. The van der Waals surface area contributed by atoms with Crippen LogP contribution in [0.2, 0.25) is 5.02 Å². The Morgan fingerprint density at radius 3 is 2.12 bits per heavy atom. The number of nitrogens with zero attached hydrogens (tertiary/aromatic N) is 1. The highest BCUT2D eigenvalue weighted by molar-refractivity contribution is 7.91. The van der Waals surface area contributed by atoms with E-state index in [1.165, 1.54) is 6.20 Å². The molecule has 0 N–H and O–H groups in total. The van der Waals surface area contributed by atoms with Crippen LogP contribution in [0.4, 0.5) is 0 Å². The van der Waals surface area contributed by atoms with E-state index in [0.717, 1.165) is 5.56 Å². The summed E-state index contributed by atoms with van der Waals surface area (Å²) in [6.07, 6.45) is 1.42. The smallest absolute Gasteiger partial charge is 0.208 e. The molecule has 3 aromatic carbocycles. The Morgan fingerprint density at radius 1 is 0.769 bits per heavy atom. The molecule has 128 valence electrons. The SMILES string of the molecule is O=S(=O)(c1ccccc1)c1cnc2cccc(Cl)c2c1-c1ccccc1. The van der Waals surface area contributed by atoms with Crippen molar-refractivity contribution in [1.82, 2.24) is 4.98 Å². The molecule has 1 heterocycles. The second-order valence-corrected chi connectivity index (χ2v) is 8.14. The van der Waals surface area contributed by atoms with Crippen molar-refractivity contribution < 1.29 is 8.42 Å². The van der Waals surface area contributed by atoms with Crippen LogP contribution in [0.1, 0.15) is 0 Å². The molecule has 0 saturated carbocycles. The van der Waals surface area contributed by atoms with Gasteiger partial charge in [-0.2, -0.15) is 0 Å². The van der Waals surface area contributed by atoms with Crippen molar-refractivity contribution in [3.63, 3.8) is 0 Å². The Kier molecular flexibility index (Phi) is 4.23. The summed E-state index contributed by atoms with van der Waals surface area (Å²) >= 11 is 6.45. The fourth-order valence-electron chi connectivity index (χ4n) is 3.01. The van der Waals surface area contributed by atoms with Crippen LogP contribution >= 0.6 is 11.6 Å². The Hall–Kier alpha value is -2.69. The summed E-state index contributed by atoms with van der Waals surface area (Å²) in [4.78, 5) is 4.73. The Labute approximate surface area is 156 Å². The first-order valence-electron chi connectivity index (χ1n) is 8.02. The van der Waals surface area contributed by atoms with Gasteiger partial charge in [0.25, 0.3) is 0 Å². The van der Waals surface area contributed by atoms with Gasteiger partial charge in [-0.1, -0.05) is 66.2 Å². The maximum Gasteiger partial charge on any atom is 0.208 e. The zero-order chi connectivity index (χ0) is 18.1. The van der Waals surface area contributed by atoms with Gasteiger partial charge in [-0.25, -0.2) is 8.42 Å². The van der Waals surface area contributed by atoms with Crippen molar-refractivity contribution in [3.05, 3.63) is 90.1 Å². The van der Waals surface area contributed by atoms with E-state index in [1.807, 2.05) is 36.4 Å². The summed E-state index contributed by atoms with van der Waals surface area (Å²) in [6.45, 7) is 0. The summed E-state index contributed by atoms with van der Waals surface area (Å²) < 4.78 is 26.6. The van der Waals surface area contributed by atoms with Gasteiger partial charge >= 0.3 is 0 Å². The Morgan fingerprint density at radius 2 is 1.42 bits per heavy atom. The molecule has 0 atom stereocenters. The van der Waals surface area contributed by atoms with Gasteiger partial charge in [0.05, 0.1) is 20.3 Å². The zero-order valence-electron chi connectivity index (χ0n) is 13.6. The van der Waals surface area contributed by atoms with Crippen molar-refractivity contribution in [2.45, 2.75) is 9.79 Å². The van der Waals surface area contributed by atoms with Crippen molar-refractivity contribution in [2.75, 3.05) is 0 Å². The quantitative estimate of drug-likeness (QED) is 0.479. The predicted octanol–water partition coefficient (Wildman–Crippen LogP) is 5.39. The van der Waals surface area contributed by atoms with E-state index < -0.39 is 9.84 Å². The first kappa shape index (κ1) is 16.8. The summed E-state index contributed by atoms with van der Waals surface area (Å²) in [5, 5.41) is 1.11. The van der Waals surface area contributed by atoms with E-state index in [1.54, 1.807) is 42.5 Å². The van der Waals surface area contributed by atoms with Crippen LogP contribution in [-0.4, -0.2) is 13.4 Å². The molecule has 0 aliphatic heterocycles. The molecule has 0 unspecified atom stereocenters. The largest absolute Gasteiger partial charge is 0.255 e. The number of benzene rings is 3. The number of halogens is 1. The topological polar surface area (TPSA) is 47.0 Å². The third-order valence-electron chi connectivity index (χ3n) is 4.21. The Balaban J connectivity index is 2.13. The lowest BCUT2D eigenvalue weighted by Crippen LogP contribution is -2.05. The van der Waals surface area contributed by atoms with E-state index in [4.69, 9.17) is 11.6 Å². The molecular formula is C21H14ClNO2S. The van der Waals surface area contributed by atoms with Crippen LogP contribution in [0.15, 0.2) is 94.9 Å². The van der Waals surface area contributed by atoms with Crippen molar-refractivity contribution in [1.29, 1.82) is 0 Å². The molecule has 4 aromatic rings. The fourth-order valence-corrected chi connectivity index (χ4v) is 4.72. The van der Waals surface area contributed by atoms with Gasteiger partial charge in [0.2, 0.25) is 9.84 Å². The monoisotopic (exact) mass is 379 g/mol. The maximum atomic E-state index is 13.3. The second-order valence-electron chi connectivity index (χ2n) is 5.81. The zero-order valence-corrected chi connectivity index (χ0v) is 15.2. The van der Waals surface area contributed by atoms with Crippen LogP contribution in [0.3, 0.4) is 0 Å². The fraction of sp³-hybridized carbons (Fsp3) is 0. The minimum Gasteiger partial charge on any atom is -0.255 e. The minimum atomic E-state index is -3.75. The lowest BCUT2D eigenvalue weighted by molar-refractivity contribution is 0.596. The lowest BCUT2D eigenvalue weighted by Gasteiger charge is -2.14. The number of aromatic nitrogens is 1. The van der Waals surface area contributed by atoms with Crippen LogP contribution < -0.4 is 0 Å². The number of hydrogen-bond donors (Lipinski definition) is 0. The van der Waals surface area contributed by atoms with Crippen LogP contribution in [0.25, 0.3) is 22.0 Å². The number of rotatable bonds is 3. The van der Waals surface area contributed by atoms with E-state index >= 15 is 0 Å². The van der Waals surface area contributed by atoms with E-state index in [9.17, 15) is 8.42 Å². The summed E-state index contributed by atoms with van der Waals surface area (Å²) in [5.41, 5.74) is 2.01. The molecule has 0 radical (unpaired) electrons. The lowest BCUT2D eigenvalue weighted by atomic mass is 10.0. The molecular weight excluding hydrogens is 366 g/mol. The van der Waals surface area contributed by atoms with E-state index in [-0.39, 0.29) is 9.79 Å². The highest BCUT2D eigenvalue weighted by atomic mass is 35.5. The molecule has 5 heteroatoms. The number of fused-ring (bicyclic) bond motifs is 1. The summed E-state index contributed by atoms with van der Waals surface area (Å²) in [5.74, 6) is 0. The Bertz CT molecular complexity index is 1190. The van der Waals surface area contributed by atoms with Gasteiger partial charge in [0, 0.05) is 17.1 Å². The van der Waals surface area contributed by atoms with E-state index in [2.05, 4.69) is 4.98 Å². The molecule has 0 bridgehead atoms. The maximum absolute atomic E-state index is 13.3. The molecule has 0 amide bonds. The van der Waals surface area contributed by atoms with Crippen molar-refractivity contribution in [3.8, 4) is 11.1 Å². The molecule has 1 aromatic heterocycles. The van der Waals surface area contributed by atoms with Crippen LogP contribution in [-0.2, 0) is 9.84 Å². The summed E-state index contributed by atoms with van der Waals surface area (Å²) in [6, 6.07) is 23.1.